The molecule has 0 spiro atoms. The van der Waals surface area contributed by atoms with Crippen molar-refractivity contribution in [1.29, 1.82) is 0 Å². The van der Waals surface area contributed by atoms with E-state index in [1.165, 1.54) is 25.1 Å². The number of carbonyl (C=O) groups excluding carboxylic acids is 1. The molecule has 0 saturated carbocycles. The lowest BCUT2D eigenvalue weighted by Gasteiger charge is -2.07. The number of nitro benzene ring substituents is 1. The molecule has 0 radical (unpaired) electrons. The summed E-state index contributed by atoms with van der Waals surface area (Å²) in [7, 11) is 0. The zero-order valence-electron chi connectivity index (χ0n) is 7.74. The van der Waals surface area contributed by atoms with Crippen LogP contribution in [0.4, 0.5) is 5.69 Å². The fourth-order valence-corrected chi connectivity index (χ4v) is 1.63. The first-order chi connectivity index (χ1) is 6.95. The van der Waals surface area contributed by atoms with Gasteiger partial charge in [0.2, 0.25) is 0 Å². The quantitative estimate of drug-likeness (QED) is 0.469. The highest BCUT2D eigenvalue weighted by Gasteiger charge is 2.22. The highest BCUT2D eigenvalue weighted by Crippen LogP contribution is 2.34. The minimum Gasteiger partial charge on any atom is -0.298 e. The molecule has 80 valence electrons. The number of benzene rings is 1. The van der Waals surface area contributed by atoms with Gasteiger partial charge in [-0.15, -0.1) is 11.6 Å². The SMILES string of the molecule is CC(=O)C(Cl)c1cccc([N+](=O)[O-])c1Cl. The van der Waals surface area contributed by atoms with Gasteiger partial charge in [-0.2, -0.15) is 0 Å². The van der Waals surface area contributed by atoms with Gasteiger partial charge < -0.3 is 0 Å². The van der Waals surface area contributed by atoms with E-state index in [9.17, 15) is 14.9 Å². The van der Waals surface area contributed by atoms with Crippen molar-refractivity contribution in [3.63, 3.8) is 0 Å². The molecule has 4 nitrogen and oxygen atoms in total. The molecule has 0 heterocycles. The van der Waals surface area contributed by atoms with Crippen molar-refractivity contribution in [2.45, 2.75) is 12.3 Å². The van der Waals surface area contributed by atoms with E-state index in [0.29, 0.717) is 0 Å². The third-order valence-electron chi connectivity index (χ3n) is 1.83. The van der Waals surface area contributed by atoms with Crippen molar-refractivity contribution < 1.29 is 9.72 Å². The number of carbonyl (C=O) groups is 1. The van der Waals surface area contributed by atoms with Crippen LogP contribution < -0.4 is 0 Å². The van der Waals surface area contributed by atoms with Crippen LogP contribution in [0.15, 0.2) is 18.2 Å². The predicted octanol–water partition coefficient (Wildman–Crippen LogP) is 3.12. The minimum absolute atomic E-state index is 0.0855. The van der Waals surface area contributed by atoms with E-state index in [-0.39, 0.29) is 22.1 Å². The molecule has 0 N–H and O–H groups in total. The maximum atomic E-state index is 11.0. The van der Waals surface area contributed by atoms with Crippen molar-refractivity contribution in [3.05, 3.63) is 38.9 Å². The largest absolute Gasteiger partial charge is 0.298 e. The second kappa shape index (κ2) is 4.59. The molecule has 1 aromatic rings. The van der Waals surface area contributed by atoms with Gasteiger partial charge in [0.25, 0.3) is 5.69 Å². The number of Topliss-reactive ketones (excluding diaryl/α,β-unsaturated/α-hetero) is 1. The third-order valence-corrected chi connectivity index (χ3v) is 2.79. The molecule has 1 unspecified atom stereocenters. The third kappa shape index (κ3) is 2.46. The molecule has 0 fully saturated rings. The Labute approximate surface area is 95.9 Å². The van der Waals surface area contributed by atoms with Crippen molar-refractivity contribution in [2.24, 2.45) is 0 Å². The molecule has 6 heteroatoms. The van der Waals surface area contributed by atoms with Crippen LogP contribution in [0.1, 0.15) is 17.9 Å². The van der Waals surface area contributed by atoms with Crippen LogP contribution in [0, 0.1) is 10.1 Å². The van der Waals surface area contributed by atoms with E-state index in [1.54, 1.807) is 0 Å². The first kappa shape index (κ1) is 11.9. The Bertz CT molecular complexity index is 420. The normalized spacial score (nSPS) is 12.2. The highest BCUT2D eigenvalue weighted by molar-refractivity contribution is 6.37. The van der Waals surface area contributed by atoms with Crippen molar-refractivity contribution in [3.8, 4) is 0 Å². The number of halogens is 2. The van der Waals surface area contributed by atoms with Gasteiger partial charge in [0.05, 0.1) is 4.92 Å². The Morgan fingerprint density at radius 2 is 2.13 bits per heavy atom. The lowest BCUT2D eigenvalue weighted by Crippen LogP contribution is -2.03. The topological polar surface area (TPSA) is 60.2 Å². The predicted molar refractivity (Wildman–Crippen MR) is 57.4 cm³/mol. The Kier molecular flexibility index (Phi) is 3.66. The van der Waals surface area contributed by atoms with E-state index < -0.39 is 10.3 Å². The Morgan fingerprint density at radius 3 is 2.60 bits per heavy atom. The van der Waals surface area contributed by atoms with Crippen LogP contribution in [0.25, 0.3) is 0 Å². The molecule has 0 amide bonds. The molecule has 0 aliphatic carbocycles. The van der Waals surface area contributed by atoms with Crippen LogP contribution in [-0.2, 0) is 4.79 Å². The van der Waals surface area contributed by atoms with Gasteiger partial charge in [0.15, 0.2) is 5.78 Å². The number of ketones is 1. The van der Waals surface area contributed by atoms with Gasteiger partial charge >= 0.3 is 0 Å². The molecular weight excluding hydrogens is 241 g/mol. The maximum Gasteiger partial charge on any atom is 0.288 e. The second-order valence-electron chi connectivity index (χ2n) is 2.91. The van der Waals surface area contributed by atoms with Gasteiger partial charge in [-0.1, -0.05) is 23.7 Å². The Balaban J connectivity index is 3.26. The molecule has 1 rings (SSSR count). The average Bonchev–Trinajstić information content (AvgIpc) is 2.16. The van der Waals surface area contributed by atoms with Crippen molar-refractivity contribution in [1.82, 2.24) is 0 Å². The zero-order chi connectivity index (χ0) is 11.6. The molecule has 1 atom stereocenters. The second-order valence-corrected chi connectivity index (χ2v) is 3.73. The fourth-order valence-electron chi connectivity index (χ4n) is 1.09. The van der Waals surface area contributed by atoms with Gasteiger partial charge in [-0.25, -0.2) is 0 Å². The summed E-state index contributed by atoms with van der Waals surface area (Å²) < 4.78 is 0. The monoisotopic (exact) mass is 247 g/mol. The standard InChI is InChI=1S/C9H7Cl2NO3/c1-5(13)8(10)6-3-2-4-7(9(6)11)12(14)15/h2-4,8H,1H3. The molecule has 0 aromatic heterocycles. The molecule has 0 bridgehead atoms. The summed E-state index contributed by atoms with van der Waals surface area (Å²) >= 11 is 11.5. The molecule has 0 aliphatic rings. The lowest BCUT2D eigenvalue weighted by atomic mass is 10.1. The van der Waals surface area contributed by atoms with Crippen molar-refractivity contribution in [2.75, 3.05) is 0 Å². The van der Waals surface area contributed by atoms with E-state index in [0.717, 1.165) is 0 Å². The van der Waals surface area contributed by atoms with E-state index in [2.05, 4.69) is 0 Å². The smallest absolute Gasteiger partial charge is 0.288 e. The first-order valence-electron chi connectivity index (χ1n) is 4.02. The maximum absolute atomic E-state index is 11.0. The Morgan fingerprint density at radius 1 is 1.53 bits per heavy atom. The lowest BCUT2D eigenvalue weighted by molar-refractivity contribution is -0.384. The van der Waals surface area contributed by atoms with E-state index in [4.69, 9.17) is 23.2 Å². The van der Waals surface area contributed by atoms with Crippen molar-refractivity contribution >= 4 is 34.7 Å². The summed E-state index contributed by atoms with van der Waals surface area (Å²) in [6, 6.07) is 4.20. The number of nitro groups is 1. The van der Waals surface area contributed by atoms with E-state index >= 15 is 0 Å². The van der Waals surface area contributed by atoms with Crippen LogP contribution in [0.5, 0.6) is 0 Å². The van der Waals surface area contributed by atoms with E-state index in [1.807, 2.05) is 0 Å². The fraction of sp³-hybridized carbons (Fsp3) is 0.222. The number of hydrogen-bond donors (Lipinski definition) is 0. The van der Waals surface area contributed by atoms with Crippen LogP contribution >= 0.6 is 23.2 Å². The summed E-state index contributed by atoms with van der Waals surface area (Å²) in [4.78, 5) is 21.0. The highest BCUT2D eigenvalue weighted by atomic mass is 35.5. The first-order valence-corrected chi connectivity index (χ1v) is 4.84. The summed E-state index contributed by atoms with van der Waals surface area (Å²) in [5, 5.41) is 9.53. The average molecular weight is 248 g/mol. The van der Waals surface area contributed by atoms with Gasteiger partial charge in [0.1, 0.15) is 10.4 Å². The summed E-state index contributed by atoms with van der Waals surface area (Å²) in [5.74, 6) is -0.306. The van der Waals surface area contributed by atoms with Crippen LogP contribution in [-0.4, -0.2) is 10.7 Å². The minimum atomic E-state index is -0.947. The molecule has 0 saturated heterocycles. The van der Waals surface area contributed by atoms with Gasteiger partial charge in [-0.3, -0.25) is 14.9 Å². The molecule has 15 heavy (non-hydrogen) atoms. The molecule has 0 aliphatic heterocycles. The van der Waals surface area contributed by atoms with Gasteiger partial charge in [0, 0.05) is 11.6 Å². The summed E-state index contributed by atoms with van der Waals surface area (Å²) in [6.45, 7) is 1.30. The van der Waals surface area contributed by atoms with Crippen LogP contribution in [0.2, 0.25) is 5.02 Å². The molecule has 1 aromatic carbocycles. The summed E-state index contributed by atoms with van der Waals surface area (Å²) in [5.41, 5.74) is 0.0149. The number of rotatable bonds is 3. The number of alkyl halides is 1. The van der Waals surface area contributed by atoms with Gasteiger partial charge in [-0.05, 0) is 6.92 Å². The van der Waals surface area contributed by atoms with Crippen LogP contribution in [0.3, 0.4) is 0 Å². The zero-order valence-corrected chi connectivity index (χ0v) is 9.25. The number of nitrogens with zero attached hydrogens (tertiary/aromatic N) is 1. The Hall–Kier alpha value is -1.13. The summed E-state index contributed by atoms with van der Waals surface area (Å²) in [6.07, 6.45) is 0. The number of hydrogen-bond acceptors (Lipinski definition) is 3. The molecular formula is C9H7Cl2NO3.